The third kappa shape index (κ3) is 3.96. The summed E-state index contributed by atoms with van der Waals surface area (Å²) in [4.78, 5) is 13.1. The highest BCUT2D eigenvalue weighted by Gasteiger charge is 2.26. The van der Waals surface area contributed by atoms with Crippen LogP contribution in [0.15, 0.2) is 65.8 Å². The van der Waals surface area contributed by atoms with Crippen LogP contribution in [0, 0.1) is 12.3 Å². The number of pyridine rings is 1. The van der Waals surface area contributed by atoms with Crippen LogP contribution in [0.25, 0.3) is 22.4 Å². The van der Waals surface area contributed by atoms with Crippen LogP contribution < -0.4 is 10.5 Å². The van der Waals surface area contributed by atoms with Gasteiger partial charge in [-0.05, 0) is 66.4 Å². The van der Waals surface area contributed by atoms with Crippen LogP contribution in [0.1, 0.15) is 16.8 Å². The Morgan fingerprint density at radius 1 is 1.06 bits per heavy atom. The molecule has 3 N–H and O–H groups in total. The van der Waals surface area contributed by atoms with Crippen LogP contribution in [0.4, 0.5) is 11.6 Å². The summed E-state index contributed by atoms with van der Waals surface area (Å²) in [5.41, 5.74) is 11.6. The highest BCUT2D eigenvalue weighted by molar-refractivity contribution is 7.92. The predicted octanol–water partition coefficient (Wildman–Crippen LogP) is 4.32. The number of terminal acetylenes is 1. The minimum atomic E-state index is -3.93. The molecule has 0 saturated carbocycles. The number of nitrogens with two attached hydrogens (primary N) is 1. The average Bonchev–Trinajstić information content (AvgIpc) is 2.84. The molecule has 0 atom stereocenters. The summed E-state index contributed by atoms with van der Waals surface area (Å²) in [6.45, 7) is 0. The number of aromatic nitrogens is 3. The van der Waals surface area contributed by atoms with Crippen molar-refractivity contribution in [2.75, 3.05) is 10.5 Å². The molecule has 1 aliphatic rings. The maximum absolute atomic E-state index is 13.1. The lowest BCUT2D eigenvalue weighted by atomic mass is 9.86. The number of aryl methyl sites for hydroxylation is 2. The minimum Gasteiger partial charge on any atom is -0.368 e. The van der Waals surface area contributed by atoms with E-state index in [1.807, 2.05) is 12.1 Å². The van der Waals surface area contributed by atoms with Gasteiger partial charge in [-0.2, -0.15) is 0 Å². The number of nitrogen functional groups attached to an aromatic ring is 1. The standard InChI is InChI=1S/C25H18ClN5O2S/c1-2-15-4-3-5-18(12-15)34(32,33)31-22-14-19-17(13-20(22)26)6-7-21-23(19)24(30-25(27)29-21)16-8-10-28-11-9-16/h1,3-5,8-14,31H,6-7H2,(H2,27,29,30). The second-order valence-electron chi connectivity index (χ2n) is 7.75. The van der Waals surface area contributed by atoms with E-state index in [-0.39, 0.29) is 16.5 Å². The second-order valence-corrected chi connectivity index (χ2v) is 9.84. The monoisotopic (exact) mass is 487 g/mol. The van der Waals surface area contributed by atoms with E-state index in [0.717, 1.165) is 27.9 Å². The van der Waals surface area contributed by atoms with Crippen LogP contribution in [-0.4, -0.2) is 23.4 Å². The SMILES string of the molecule is C#Cc1cccc(S(=O)(=O)Nc2cc3c(cc2Cl)CCc2nc(N)nc(-c4ccncc4)c2-3)c1. The smallest absolute Gasteiger partial charge is 0.261 e. The number of fused-ring (bicyclic) bond motifs is 3. The zero-order valence-electron chi connectivity index (χ0n) is 17.8. The molecule has 0 unspecified atom stereocenters. The molecule has 2 heterocycles. The topological polar surface area (TPSA) is 111 Å². The molecule has 1 aliphatic carbocycles. The van der Waals surface area contributed by atoms with E-state index in [9.17, 15) is 8.42 Å². The zero-order valence-corrected chi connectivity index (χ0v) is 19.4. The van der Waals surface area contributed by atoms with E-state index < -0.39 is 10.0 Å². The molecule has 7 nitrogen and oxygen atoms in total. The Kier molecular flexibility index (Phi) is 5.44. The van der Waals surface area contributed by atoms with E-state index in [2.05, 4.69) is 25.6 Å². The molecular formula is C25H18ClN5O2S. The zero-order chi connectivity index (χ0) is 23.9. The largest absolute Gasteiger partial charge is 0.368 e. The van der Waals surface area contributed by atoms with Gasteiger partial charge in [0.15, 0.2) is 0 Å². The van der Waals surface area contributed by atoms with Gasteiger partial charge >= 0.3 is 0 Å². The van der Waals surface area contributed by atoms with Crippen LogP contribution in [0.2, 0.25) is 5.02 Å². The van der Waals surface area contributed by atoms with Crippen molar-refractivity contribution in [1.29, 1.82) is 0 Å². The quantitative estimate of drug-likeness (QED) is 0.415. The Hall–Kier alpha value is -3.93. The maximum Gasteiger partial charge on any atom is 0.261 e. The van der Waals surface area contributed by atoms with Crippen molar-refractivity contribution in [2.24, 2.45) is 0 Å². The number of hydrogen-bond donors (Lipinski definition) is 2. The fourth-order valence-corrected chi connectivity index (χ4v) is 5.46. The molecular weight excluding hydrogens is 470 g/mol. The van der Waals surface area contributed by atoms with Gasteiger partial charge in [0.1, 0.15) is 0 Å². The van der Waals surface area contributed by atoms with Gasteiger partial charge < -0.3 is 5.73 Å². The third-order valence-corrected chi connectivity index (χ3v) is 7.28. The first-order chi connectivity index (χ1) is 16.4. The van der Waals surface area contributed by atoms with Gasteiger partial charge in [-0.15, -0.1) is 6.42 Å². The molecule has 9 heteroatoms. The average molecular weight is 488 g/mol. The molecule has 0 spiro atoms. The normalized spacial score (nSPS) is 12.4. The third-order valence-electron chi connectivity index (χ3n) is 5.60. The highest BCUT2D eigenvalue weighted by atomic mass is 35.5. The summed E-state index contributed by atoms with van der Waals surface area (Å²) >= 11 is 6.50. The fraction of sp³-hybridized carbons (Fsp3) is 0.0800. The Labute approximate surface area is 202 Å². The first kappa shape index (κ1) is 21.9. The molecule has 0 aliphatic heterocycles. The number of hydrogen-bond acceptors (Lipinski definition) is 6. The molecule has 2 aromatic heterocycles. The van der Waals surface area contributed by atoms with Gasteiger partial charge in [0.05, 0.1) is 27.0 Å². The van der Waals surface area contributed by atoms with Gasteiger partial charge in [-0.1, -0.05) is 23.6 Å². The number of rotatable bonds is 4. The Bertz CT molecular complexity index is 1580. The summed E-state index contributed by atoms with van der Waals surface area (Å²) < 4.78 is 28.8. The highest BCUT2D eigenvalue weighted by Crippen LogP contribution is 2.42. The summed E-state index contributed by atoms with van der Waals surface area (Å²) in [5, 5.41) is 0.292. The van der Waals surface area contributed by atoms with Gasteiger partial charge in [-0.25, -0.2) is 18.4 Å². The van der Waals surface area contributed by atoms with E-state index in [1.54, 1.807) is 36.7 Å². The first-order valence-electron chi connectivity index (χ1n) is 10.3. The van der Waals surface area contributed by atoms with E-state index in [1.165, 1.54) is 12.1 Å². The summed E-state index contributed by atoms with van der Waals surface area (Å²) in [5.74, 6) is 2.62. The Balaban J connectivity index is 1.64. The number of nitrogens with zero attached hydrogens (tertiary/aromatic N) is 3. The van der Waals surface area contributed by atoms with Gasteiger partial charge in [0.2, 0.25) is 5.95 Å². The van der Waals surface area contributed by atoms with Crippen molar-refractivity contribution in [3.8, 4) is 34.7 Å². The van der Waals surface area contributed by atoms with Gasteiger partial charge in [-0.3, -0.25) is 9.71 Å². The fourth-order valence-electron chi connectivity index (χ4n) is 4.05. The van der Waals surface area contributed by atoms with E-state index >= 15 is 0 Å². The molecule has 0 radical (unpaired) electrons. The van der Waals surface area contributed by atoms with Crippen LogP contribution >= 0.6 is 11.6 Å². The molecule has 0 saturated heterocycles. The Morgan fingerprint density at radius 2 is 1.85 bits per heavy atom. The van der Waals surface area contributed by atoms with Crippen LogP contribution in [0.3, 0.4) is 0 Å². The minimum absolute atomic E-state index is 0.0470. The van der Waals surface area contributed by atoms with Crippen molar-refractivity contribution in [3.63, 3.8) is 0 Å². The molecule has 0 amide bonds. The molecule has 2 aromatic carbocycles. The maximum atomic E-state index is 13.1. The first-order valence-corrected chi connectivity index (χ1v) is 12.2. The van der Waals surface area contributed by atoms with Crippen molar-refractivity contribution < 1.29 is 8.42 Å². The van der Waals surface area contributed by atoms with Gasteiger partial charge in [0, 0.05) is 29.1 Å². The summed E-state index contributed by atoms with van der Waals surface area (Å²) in [6, 6.07) is 13.4. The number of nitrogens with one attached hydrogen (secondary N) is 1. The lowest BCUT2D eigenvalue weighted by Gasteiger charge is -2.23. The van der Waals surface area contributed by atoms with E-state index in [0.29, 0.717) is 29.1 Å². The molecule has 0 bridgehead atoms. The Morgan fingerprint density at radius 3 is 2.62 bits per heavy atom. The van der Waals surface area contributed by atoms with Crippen LogP contribution in [-0.2, 0) is 22.9 Å². The van der Waals surface area contributed by atoms with Gasteiger partial charge in [0.25, 0.3) is 10.0 Å². The predicted molar refractivity (Wildman–Crippen MR) is 133 cm³/mol. The van der Waals surface area contributed by atoms with Crippen molar-refractivity contribution in [1.82, 2.24) is 15.0 Å². The van der Waals surface area contributed by atoms with Crippen molar-refractivity contribution in [2.45, 2.75) is 17.7 Å². The molecule has 0 fully saturated rings. The van der Waals surface area contributed by atoms with Crippen molar-refractivity contribution >= 4 is 33.3 Å². The molecule has 34 heavy (non-hydrogen) atoms. The summed E-state index contributed by atoms with van der Waals surface area (Å²) in [6.07, 6.45) is 10.1. The lowest BCUT2D eigenvalue weighted by Crippen LogP contribution is -2.15. The number of sulfonamides is 1. The lowest BCUT2D eigenvalue weighted by molar-refractivity contribution is 0.601. The summed E-state index contributed by atoms with van der Waals surface area (Å²) in [7, 11) is -3.93. The second kappa shape index (κ2) is 8.45. The molecule has 4 aromatic rings. The van der Waals surface area contributed by atoms with Crippen LogP contribution in [0.5, 0.6) is 0 Å². The molecule has 168 valence electrons. The van der Waals surface area contributed by atoms with Crippen molar-refractivity contribution in [3.05, 3.63) is 82.8 Å². The number of halogens is 1. The molecule has 5 rings (SSSR count). The number of benzene rings is 2. The van der Waals surface area contributed by atoms with E-state index in [4.69, 9.17) is 23.8 Å². The number of anilines is 2.